The first-order valence-corrected chi connectivity index (χ1v) is 9.14. The summed E-state index contributed by atoms with van der Waals surface area (Å²) in [5.41, 5.74) is 1.82. The summed E-state index contributed by atoms with van der Waals surface area (Å²) >= 11 is 0. The highest BCUT2D eigenvalue weighted by Gasteiger charge is 2.32. The summed E-state index contributed by atoms with van der Waals surface area (Å²) in [6.45, 7) is 7.74. The van der Waals surface area contributed by atoms with Crippen LogP contribution in [0.25, 0.3) is 0 Å². The van der Waals surface area contributed by atoms with Crippen molar-refractivity contribution in [3.8, 4) is 11.5 Å². The monoisotopic (exact) mass is 384 g/mol. The molecule has 1 aliphatic rings. The molecule has 1 aliphatic heterocycles. The van der Waals surface area contributed by atoms with Crippen molar-refractivity contribution in [2.75, 3.05) is 13.1 Å². The van der Waals surface area contributed by atoms with Crippen LogP contribution in [0.4, 0.5) is 5.69 Å². The van der Waals surface area contributed by atoms with Crippen molar-refractivity contribution in [1.82, 2.24) is 4.90 Å². The maximum atomic E-state index is 11.5. The molecule has 2 aromatic rings. The highest BCUT2D eigenvalue weighted by Crippen LogP contribution is 2.34. The number of hydrogen-bond acceptors (Lipinski definition) is 5. The maximum Gasteiger partial charge on any atom is 0.311 e. The number of nitro benzene ring substituents is 1. The zero-order chi connectivity index (χ0) is 20.5. The predicted molar refractivity (Wildman–Crippen MR) is 105 cm³/mol. The summed E-state index contributed by atoms with van der Waals surface area (Å²) in [5.74, 6) is -0.433. The number of benzene rings is 2. The van der Waals surface area contributed by atoms with Crippen molar-refractivity contribution in [2.45, 2.75) is 32.7 Å². The van der Waals surface area contributed by atoms with E-state index in [0.29, 0.717) is 25.4 Å². The van der Waals surface area contributed by atoms with E-state index in [1.54, 1.807) is 12.1 Å². The zero-order valence-corrected chi connectivity index (χ0v) is 16.2. The Hall–Kier alpha value is -2.93. The summed E-state index contributed by atoms with van der Waals surface area (Å²) in [7, 11) is 0. The highest BCUT2D eigenvalue weighted by molar-refractivity contribution is 5.71. The standard InChI is InChI=1S/C21H24N2O5/c1-21(2,3)16-5-7-17(8-6-16)28-19-9-4-14(10-18(19)23(26)27)11-22-12-15(13-22)20(24)25/h4-10,15H,11-13H2,1-3H3,(H,24,25). The number of likely N-dealkylation sites (tertiary alicyclic amines) is 1. The van der Waals surface area contributed by atoms with Gasteiger partial charge in [-0.1, -0.05) is 39.0 Å². The number of hydrogen-bond donors (Lipinski definition) is 1. The lowest BCUT2D eigenvalue weighted by Crippen LogP contribution is -2.49. The molecule has 0 amide bonds. The van der Waals surface area contributed by atoms with Gasteiger partial charge in [-0.15, -0.1) is 0 Å². The fourth-order valence-electron chi connectivity index (χ4n) is 3.15. The van der Waals surface area contributed by atoms with E-state index in [9.17, 15) is 14.9 Å². The molecule has 1 fully saturated rings. The normalized spacial score (nSPS) is 15.1. The Morgan fingerprint density at radius 3 is 2.39 bits per heavy atom. The molecule has 0 bridgehead atoms. The van der Waals surface area contributed by atoms with Gasteiger partial charge < -0.3 is 9.84 Å². The molecule has 1 N–H and O–H groups in total. The summed E-state index contributed by atoms with van der Waals surface area (Å²) < 4.78 is 5.75. The molecule has 0 spiro atoms. The zero-order valence-electron chi connectivity index (χ0n) is 16.2. The molecule has 7 nitrogen and oxygen atoms in total. The van der Waals surface area contributed by atoms with Gasteiger partial charge >= 0.3 is 11.7 Å². The van der Waals surface area contributed by atoms with Gasteiger partial charge in [-0.3, -0.25) is 19.8 Å². The Labute approximate surface area is 163 Å². The first kappa shape index (κ1) is 19.8. The number of aliphatic carboxylic acids is 1. The molecule has 1 saturated heterocycles. The van der Waals surface area contributed by atoms with Crippen molar-refractivity contribution in [3.05, 3.63) is 63.7 Å². The summed E-state index contributed by atoms with van der Waals surface area (Å²) in [6, 6.07) is 12.4. The third-order valence-electron chi connectivity index (χ3n) is 4.88. The van der Waals surface area contributed by atoms with E-state index >= 15 is 0 Å². The third-order valence-corrected chi connectivity index (χ3v) is 4.88. The number of rotatable bonds is 6. The Bertz CT molecular complexity index is 881. The van der Waals surface area contributed by atoms with Crippen LogP contribution in [-0.2, 0) is 16.8 Å². The van der Waals surface area contributed by atoms with Crippen LogP contribution in [-0.4, -0.2) is 34.0 Å². The van der Waals surface area contributed by atoms with Crippen LogP contribution in [0.3, 0.4) is 0 Å². The Morgan fingerprint density at radius 2 is 1.86 bits per heavy atom. The quantitative estimate of drug-likeness (QED) is 0.593. The van der Waals surface area contributed by atoms with E-state index < -0.39 is 10.9 Å². The largest absolute Gasteiger partial charge is 0.481 e. The molecule has 7 heteroatoms. The molecule has 148 valence electrons. The molecule has 0 radical (unpaired) electrons. The van der Waals surface area contributed by atoms with E-state index in [4.69, 9.17) is 9.84 Å². The smallest absolute Gasteiger partial charge is 0.311 e. The first-order chi connectivity index (χ1) is 13.1. The van der Waals surface area contributed by atoms with Crippen LogP contribution in [0.15, 0.2) is 42.5 Å². The van der Waals surface area contributed by atoms with Crippen LogP contribution in [0.5, 0.6) is 11.5 Å². The van der Waals surface area contributed by atoms with Crippen molar-refractivity contribution in [1.29, 1.82) is 0 Å². The number of carboxylic acids is 1. The molecular weight excluding hydrogens is 360 g/mol. The lowest BCUT2D eigenvalue weighted by molar-refractivity contribution is -0.385. The lowest BCUT2D eigenvalue weighted by Gasteiger charge is -2.36. The molecule has 0 unspecified atom stereocenters. The van der Waals surface area contributed by atoms with Gasteiger partial charge in [0.2, 0.25) is 5.75 Å². The number of nitrogens with zero attached hydrogens (tertiary/aromatic N) is 2. The topological polar surface area (TPSA) is 92.9 Å². The minimum absolute atomic E-state index is 0.0165. The Balaban J connectivity index is 1.73. The van der Waals surface area contributed by atoms with E-state index in [1.165, 1.54) is 6.07 Å². The fourth-order valence-corrected chi connectivity index (χ4v) is 3.15. The molecule has 0 aromatic heterocycles. The maximum absolute atomic E-state index is 11.5. The van der Waals surface area contributed by atoms with Crippen molar-refractivity contribution >= 4 is 11.7 Å². The highest BCUT2D eigenvalue weighted by atomic mass is 16.6. The van der Waals surface area contributed by atoms with Gasteiger partial charge in [0, 0.05) is 25.7 Å². The average molecular weight is 384 g/mol. The van der Waals surface area contributed by atoms with Gasteiger partial charge in [0.1, 0.15) is 5.75 Å². The number of ether oxygens (including phenoxy) is 1. The van der Waals surface area contributed by atoms with Crippen molar-refractivity contribution < 1.29 is 19.6 Å². The second-order valence-electron chi connectivity index (χ2n) is 8.16. The number of carboxylic acid groups (broad SMARTS) is 1. The molecule has 3 rings (SSSR count). The SMILES string of the molecule is CC(C)(C)c1ccc(Oc2ccc(CN3CC(C(=O)O)C3)cc2[N+](=O)[O-])cc1. The van der Waals surface area contributed by atoms with Crippen molar-refractivity contribution in [2.24, 2.45) is 5.92 Å². The van der Waals surface area contributed by atoms with Gasteiger partial charge in [0.05, 0.1) is 10.8 Å². The van der Waals surface area contributed by atoms with Crippen molar-refractivity contribution in [3.63, 3.8) is 0 Å². The molecule has 28 heavy (non-hydrogen) atoms. The van der Waals surface area contributed by atoms with Gasteiger partial charge in [0.25, 0.3) is 0 Å². The minimum atomic E-state index is -0.802. The van der Waals surface area contributed by atoms with E-state index in [1.807, 2.05) is 29.2 Å². The second kappa shape index (κ2) is 7.59. The van der Waals surface area contributed by atoms with Gasteiger partial charge in [-0.2, -0.15) is 0 Å². The van der Waals surface area contributed by atoms with Crippen LogP contribution < -0.4 is 4.74 Å². The number of carbonyl (C=O) groups is 1. The van der Waals surface area contributed by atoms with E-state index in [-0.39, 0.29) is 22.8 Å². The molecule has 0 saturated carbocycles. The van der Waals surface area contributed by atoms with Crippen LogP contribution in [0, 0.1) is 16.0 Å². The predicted octanol–water partition coefficient (Wildman–Crippen LogP) is 4.20. The Morgan fingerprint density at radius 1 is 1.21 bits per heavy atom. The second-order valence-corrected chi connectivity index (χ2v) is 8.16. The van der Waals surface area contributed by atoms with E-state index in [0.717, 1.165) is 11.1 Å². The average Bonchev–Trinajstić information content (AvgIpc) is 2.58. The fraction of sp³-hybridized carbons (Fsp3) is 0.381. The minimum Gasteiger partial charge on any atom is -0.481 e. The number of nitro groups is 1. The molecule has 0 aliphatic carbocycles. The van der Waals surface area contributed by atoms with E-state index in [2.05, 4.69) is 20.8 Å². The molecule has 1 heterocycles. The lowest BCUT2D eigenvalue weighted by atomic mass is 9.87. The summed E-state index contributed by atoms with van der Waals surface area (Å²) in [4.78, 5) is 23.9. The molecule has 2 aromatic carbocycles. The Kier molecular flexibility index (Phi) is 5.38. The van der Waals surface area contributed by atoms with Gasteiger partial charge in [-0.05, 0) is 34.7 Å². The third kappa shape index (κ3) is 4.48. The van der Waals surface area contributed by atoms with Crippen LogP contribution in [0.1, 0.15) is 31.9 Å². The van der Waals surface area contributed by atoms with Crippen LogP contribution >= 0.6 is 0 Å². The summed E-state index contributed by atoms with van der Waals surface area (Å²) in [5, 5.41) is 20.4. The van der Waals surface area contributed by atoms with Gasteiger partial charge in [-0.25, -0.2) is 0 Å². The summed E-state index contributed by atoms with van der Waals surface area (Å²) in [6.07, 6.45) is 0. The van der Waals surface area contributed by atoms with Crippen LogP contribution in [0.2, 0.25) is 0 Å². The molecular formula is C21H24N2O5. The molecule has 0 atom stereocenters. The first-order valence-electron chi connectivity index (χ1n) is 9.14. The van der Waals surface area contributed by atoms with Gasteiger partial charge in [0.15, 0.2) is 0 Å².